The predicted molar refractivity (Wildman–Crippen MR) is 104 cm³/mol. The number of amides is 6. The van der Waals surface area contributed by atoms with Crippen LogP contribution in [0.5, 0.6) is 0 Å². The van der Waals surface area contributed by atoms with Crippen molar-refractivity contribution in [2.24, 2.45) is 17.8 Å². The first-order valence-electron chi connectivity index (χ1n) is 9.96. The normalized spacial score (nSPS) is 26.8. The van der Waals surface area contributed by atoms with Gasteiger partial charge in [0.2, 0.25) is 35.4 Å². The van der Waals surface area contributed by atoms with Crippen molar-refractivity contribution in [2.75, 3.05) is 27.1 Å². The Morgan fingerprint density at radius 3 is 1.17 bits per heavy atom. The standard InChI is InChI=1S/C12H17N3O4.C7H12N2O2/c1-7-3-9(16)14(11(7)18)5-13-6-15-10(17)4-8(2)12(15)19;1-5-3-6(10)9(4-8-2)7(5)11/h7-8,13H,3-6H2,1-2H3;5,8H,3-4H2,1-2H3. The Morgan fingerprint density at radius 2 is 0.933 bits per heavy atom. The maximum atomic E-state index is 11.6. The molecule has 3 atom stereocenters. The molecule has 3 saturated heterocycles. The molecule has 0 aromatic heterocycles. The number of nitrogens with zero attached hydrogens (tertiary/aromatic N) is 3. The molecule has 3 heterocycles. The Balaban J connectivity index is 0.000000248. The molecule has 3 aliphatic heterocycles. The summed E-state index contributed by atoms with van der Waals surface area (Å²) in [6.07, 6.45) is 0.804. The second-order valence-electron chi connectivity index (χ2n) is 7.87. The average Bonchev–Trinajstić information content (AvgIpc) is 3.18. The summed E-state index contributed by atoms with van der Waals surface area (Å²) in [6, 6.07) is 0. The fraction of sp³-hybridized carbons (Fsp3) is 0.684. The van der Waals surface area contributed by atoms with Crippen molar-refractivity contribution in [2.45, 2.75) is 40.0 Å². The summed E-state index contributed by atoms with van der Waals surface area (Å²) in [5.74, 6) is -1.73. The molecule has 0 aliphatic carbocycles. The largest absolute Gasteiger partial charge is 0.302 e. The van der Waals surface area contributed by atoms with Gasteiger partial charge in [-0.15, -0.1) is 0 Å². The van der Waals surface area contributed by atoms with E-state index in [9.17, 15) is 28.8 Å². The van der Waals surface area contributed by atoms with E-state index in [1.54, 1.807) is 27.8 Å². The lowest BCUT2D eigenvalue weighted by Crippen LogP contribution is -2.45. The van der Waals surface area contributed by atoms with Gasteiger partial charge in [-0.1, -0.05) is 20.8 Å². The fourth-order valence-corrected chi connectivity index (χ4v) is 3.48. The summed E-state index contributed by atoms with van der Waals surface area (Å²) in [5, 5.41) is 5.58. The Hall–Kier alpha value is -2.66. The average molecular weight is 423 g/mol. The zero-order chi connectivity index (χ0) is 22.6. The lowest BCUT2D eigenvalue weighted by Gasteiger charge is -2.19. The maximum Gasteiger partial charge on any atom is 0.233 e. The van der Waals surface area contributed by atoms with Crippen molar-refractivity contribution in [1.29, 1.82) is 0 Å². The molecule has 11 nitrogen and oxygen atoms in total. The molecule has 11 heteroatoms. The molecule has 0 bridgehead atoms. The lowest BCUT2D eigenvalue weighted by molar-refractivity contribution is -0.142. The van der Waals surface area contributed by atoms with Gasteiger partial charge in [0.1, 0.15) is 0 Å². The molecule has 6 amide bonds. The van der Waals surface area contributed by atoms with Crippen LogP contribution in [0, 0.1) is 17.8 Å². The van der Waals surface area contributed by atoms with Gasteiger partial charge >= 0.3 is 0 Å². The van der Waals surface area contributed by atoms with Crippen molar-refractivity contribution < 1.29 is 28.8 Å². The minimum atomic E-state index is -0.288. The monoisotopic (exact) mass is 423 g/mol. The molecule has 0 saturated carbocycles. The van der Waals surface area contributed by atoms with Crippen LogP contribution in [0.25, 0.3) is 0 Å². The number of rotatable bonds is 6. The Morgan fingerprint density at radius 1 is 0.633 bits per heavy atom. The number of carbonyl (C=O) groups excluding carboxylic acids is 6. The van der Waals surface area contributed by atoms with Gasteiger partial charge in [-0.25, -0.2) is 0 Å². The van der Waals surface area contributed by atoms with Crippen LogP contribution >= 0.6 is 0 Å². The molecular weight excluding hydrogens is 394 g/mol. The van der Waals surface area contributed by atoms with Crippen molar-refractivity contribution in [3.05, 3.63) is 0 Å². The lowest BCUT2D eigenvalue weighted by atomic mass is 10.1. The summed E-state index contributed by atoms with van der Waals surface area (Å²) < 4.78 is 0. The summed E-state index contributed by atoms with van der Waals surface area (Å²) >= 11 is 0. The van der Waals surface area contributed by atoms with Crippen LogP contribution in [-0.4, -0.2) is 77.2 Å². The van der Waals surface area contributed by atoms with Crippen LogP contribution < -0.4 is 10.6 Å². The molecule has 166 valence electrons. The number of nitrogens with one attached hydrogen (secondary N) is 2. The minimum Gasteiger partial charge on any atom is -0.302 e. The van der Waals surface area contributed by atoms with Gasteiger partial charge in [-0.3, -0.25) is 48.8 Å². The highest BCUT2D eigenvalue weighted by molar-refractivity contribution is 6.04. The minimum absolute atomic E-state index is 0.0352. The zero-order valence-electron chi connectivity index (χ0n) is 17.8. The van der Waals surface area contributed by atoms with E-state index >= 15 is 0 Å². The molecular formula is C19H29N5O6. The smallest absolute Gasteiger partial charge is 0.233 e. The van der Waals surface area contributed by atoms with Gasteiger partial charge in [-0.2, -0.15) is 0 Å². The van der Waals surface area contributed by atoms with E-state index in [2.05, 4.69) is 10.6 Å². The van der Waals surface area contributed by atoms with Gasteiger partial charge in [-0.05, 0) is 7.05 Å². The molecule has 3 fully saturated rings. The van der Waals surface area contributed by atoms with E-state index in [0.717, 1.165) is 9.80 Å². The zero-order valence-corrected chi connectivity index (χ0v) is 17.8. The highest BCUT2D eigenvalue weighted by Gasteiger charge is 2.37. The van der Waals surface area contributed by atoms with E-state index in [0.29, 0.717) is 13.1 Å². The second kappa shape index (κ2) is 9.90. The first-order valence-corrected chi connectivity index (χ1v) is 9.96. The summed E-state index contributed by atoms with van der Waals surface area (Å²) in [4.78, 5) is 72.0. The molecule has 3 rings (SSSR count). The van der Waals surface area contributed by atoms with Crippen LogP contribution in [0.1, 0.15) is 40.0 Å². The van der Waals surface area contributed by atoms with Crippen LogP contribution in [0.15, 0.2) is 0 Å². The first kappa shape index (κ1) is 23.6. The van der Waals surface area contributed by atoms with Crippen molar-refractivity contribution in [1.82, 2.24) is 25.3 Å². The van der Waals surface area contributed by atoms with Gasteiger partial charge < -0.3 is 5.32 Å². The Kier molecular flexibility index (Phi) is 7.79. The van der Waals surface area contributed by atoms with E-state index in [4.69, 9.17) is 0 Å². The molecule has 30 heavy (non-hydrogen) atoms. The van der Waals surface area contributed by atoms with Crippen LogP contribution in [-0.2, 0) is 28.8 Å². The van der Waals surface area contributed by atoms with Gasteiger partial charge in [0.05, 0.1) is 20.0 Å². The molecule has 3 aliphatic rings. The molecule has 0 radical (unpaired) electrons. The molecule has 2 N–H and O–H groups in total. The van der Waals surface area contributed by atoms with Crippen LogP contribution in [0.3, 0.4) is 0 Å². The third-order valence-electron chi connectivity index (χ3n) is 5.26. The Bertz CT molecular complexity index is 714. The molecule has 0 aromatic rings. The number of hydrogen-bond acceptors (Lipinski definition) is 8. The summed E-state index contributed by atoms with van der Waals surface area (Å²) in [5.41, 5.74) is 0. The van der Waals surface area contributed by atoms with Crippen LogP contribution in [0.2, 0.25) is 0 Å². The topological polar surface area (TPSA) is 136 Å². The van der Waals surface area contributed by atoms with Crippen LogP contribution in [0.4, 0.5) is 0 Å². The highest BCUT2D eigenvalue weighted by atomic mass is 16.2. The maximum absolute atomic E-state index is 11.6. The summed E-state index contributed by atoms with van der Waals surface area (Å²) in [7, 11) is 1.71. The Labute approximate surface area is 175 Å². The van der Waals surface area contributed by atoms with E-state index < -0.39 is 0 Å². The van der Waals surface area contributed by atoms with E-state index in [1.807, 2.05) is 0 Å². The quantitative estimate of drug-likeness (QED) is 0.511. The van der Waals surface area contributed by atoms with Crippen molar-refractivity contribution in [3.8, 4) is 0 Å². The van der Waals surface area contributed by atoms with Gasteiger partial charge in [0, 0.05) is 37.0 Å². The van der Waals surface area contributed by atoms with Gasteiger partial charge in [0.15, 0.2) is 0 Å². The first-order chi connectivity index (χ1) is 14.1. The molecule has 3 unspecified atom stereocenters. The second-order valence-corrected chi connectivity index (χ2v) is 7.87. The number of hydrogen-bond donors (Lipinski definition) is 2. The number of imide groups is 3. The molecule has 0 aromatic carbocycles. The third kappa shape index (κ3) is 5.08. The van der Waals surface area contributed by atoms with Crippen molar-refractivity contribution >= 4 is 35.4 Å². The summed E-state index contributed by atoms with van der Waals surface area (Å²) in [6.45, 7) is 5.59. The highest BCUT2D eigenvalue weighted by Crippen LogP contribution is 2.19. The number of carbonyl (C=O) groups is 6. The SMILES string of the molecule is CC1CC(=O)N(CNCN2C(=O)CC(C)C2=O)C1=O.CNCN1C(=O)CC(C)C1=O. The van der Waals surface area contributed by atoms with Gasteiger partial charge in [0.25, 0.3) is 0 Å². The van der Waals surface area contributed by atoms with E-state index in [1.165, 1.54) is 4.90 Å². The molecule has 0 spiro atoms. The predicted octanol–water partition coefficient (Wildman–Crippen LogP) is -1.16. The van der Waals surface area contributed by atoms with Crippen molar-refractivity contribution in [3.63, 3.8) is 0 Å². The van der Waals surface area contributed by atoms with E-state index in [-0.39, 0.29) is 79.4 Å². The fourth-order valence-electron chi connectivity index (χ4n) is 3.48. The number of likely N-dealkylation sites (tertiary alicyclic amines) is 3. The third-order valence-corrected chi connectivity index (χ3v) is 5.26.